The Hall–Kier alpha value is -2.42. The summed E-state index contributed by atoms with van der Waals surface area (Å²) in [5.74, 6) is -0.764. The van der Waals surface area contributed by atoms with Crippen LogP contribution in [0.3, 0.4) is 0 Å². The summed E-state index contributed by atoms with van der Waals surface area (Å²) >= 11 is 1.52. The number of carbonyl (C=O) groups excluding carboxylic acids is 2. The molecular formula is C25H20N3O2SeTe. The van der Waals surface area contributed by atoms with Crippen molar-refractivity contribution >= 4 is 74.5 Å². The van der Waals surface area contributed by atoms with E-state index < -0.39 is 5.91 Å². The summed E-state index contributed by atoms with van der Waals surface area (Å²) in [4.78, 5) is 32.8. The van der Waals surface area contributed by atoms with Gasteiger partial charge in [-0.2, -0.15) is 0 Å². The van der Waals surface area contributed by atoms with Crippen molar-refractivity contribution in [3.8, 4) is 0 Å². The molecule has 0 N–H and O–H groups in total. The van der Waals surface area contributed by atoms with Gasteiger partial charge in [-0.15, -0.1) is 0 Å². The van der Waals surface area contributed by atoms with Crippen molar-refractivity contribution in [2.24, 2.45) is 4.99 Å². The number of anilines is 3. The van der Waals surface area contributed by atoms with Crippen LogP contribution in [0.2, 0.25) is 0 Å². The molecule has 0 spiro atoms. The molecule has 5 nitrogen and oxygen atoms in total. The molecule has 2 aromatic carbocycles. The number of para-hydroxylation sites is 2. The summed E-state index contributed by atoms with van der Waals surface area (Å²) in [6.45, 7) is 4.54. The maximum atomic E-state index is 12.6. The Morgan fingerprint density at radius 1 is 0.938 bits per heavy atom. The normalized spacial score (nSPS) is 18.5. The van der Waals surface area contributed by atoms with Crippen LogP contribution in [0.15, 0.2) is 71.2 Å². The molecule has 32 heavy (non-hydrogen) atoms. The molecule has 2 aliphatic rings. The molecule has 0 unspecified atom stereocenters. The molecule has 1 radical (unpaired) electrons. The topological polar surface area (TPSA) is 53.0 Å². The van der Waals surface area contributed by atoms with Crippen molar-refractivity contribution in [2.45, 2.75) is 19.3 Å². The molecule has 2 amide bonds. The Bertz CT molecular complexity index is 1290. The summed E-state index contributed by atoms with van der Waals surface area (Å²) in [5, 5.41) is 0. The number of amidine groups is 1. The minimum absolute atomic E-state index is 0.0648. The first-order chi connectivity index (χ1) is 15.3. The Morgan fingerprint density at radius 2 is 1.53 bits per heavy atom. The maximum absolute atomic E-state index is 12.6. The van der Waals surface area contributed by atoms with E-state index in [1.54, 1.807) is 35.4 Å². The molecule has 0 aliphatic carbocycles. The van der Waals surface area contributed by atoms with Gasteiger partial charge in [-0.3, -0.25) is 0 Å². The zero-order valence-electron chi connectivity index (χ0n) is 17.8. The number of hydrogen-bond acceptors (Lipinski definition) is 3. The average molecular weight is 601 g/mol. The van der Waals surface area contributed by atoms with Crippen LogP contribution < -0.4 is 4.90 Å². The van der Waals surface area contributed by atoms with E-state index >= 15 is 0 Å². The third-order valence-corrected chi connectivity index (χ3v) is 9.18. The summed E-state index contributed by atoms with van der Waals surface area (Å²) in [7, 11) is 1.64. The molecule has 159 valence electrons. The second-order valence-electron chi connectivity index (χ2n) is 8.29. The van der Waals surface area contributed by atoms with Crippen molar-refractivity contribution in [3.05, 3.63) is 81.8 Å². The molecule has 0 fully saturated rings. The zero-order valence-corrected chi connectivity index (χ0v) is 21.9. The molecule has 0 saturated heterocycles. The third-order valence-electron chi connectivity index (χ3n) is 6.01. The van der Waals surface area contributed by atoms with E-state index in [1.165, 1.54) is 32.0 Å². The van der Waals surface area contributed by atoms with Gasteiger partial charge in [0.05, 0.1) is 0 Å². The van der Waals surface area contributed by atoms with Crippen molar-refractivity contribution < 1.29 is 9.59 Å². The predicted octanol–water partition coefficient (Wildman–Crippen LogP) is 3.76. The van der Waals surface area contributed by atoms with Crippen LogP contribution >= 0.6 is 0 Å². The zero-order chi connectivity index (χ0) is 22.6. The molecule has 1 aromatic heterocycles. The van der Waals surface area contributed by atoms with Gasteiger partial charge in [-0.05, 0) is 0 Å². The summed E-state index contributed by atoms with van der Waals surface area (Å²) < 4.78 is 2.58. The molecule has 2 aliphatic heterocycles. The van der Waals surface area contributed by atoms with Crippen molar-refractivity contribution in [1.29, 1.82) is 0 Å². The molecule has 5 rings (SSSR count). The molecule has 3 heterocycles. The van der Waals surface area contributed by atoms with Crippen LogP contribution in [0.5, 0.6) is 0 Å². The molecule has 0 atom stereocenters. The number of amides is 2. The Balaban J connectivity index is 1.61. The van der Waals surface area contributed by atoms with Gasteiger partial charge in [0, 0.05) is 0 Å². The van der Waals surface area contributed by atoms with Crippen LogP contribution in [-0.4, -0.2) is 64.4 Å². The number of hydrogen-bond donors (Lipinski definition) is 0. The fraction of sp³-hybridized carbons (Fsp3) is 0.160. The number of rotatable bonds is 2. The van der Waals surface area contributed by atoms with E-state index in [-0.39, 0.29) is 31.4 Å². The molecule has 0 saturated carbocycles. The Morgan fingerprint density at radius 3 is 2.16 bits per heavy atom. The van der Waals surface area contributed by atoms with E-state index in [9.17, 15) is 9.59 Å². The summed E-state index contributed by atoms with van der Waals surface area (Å²) in [5.41, 5.74) is 4.95. The predicted molar refractivity (Wildman–Crippen MR) is 129 cm³/mol. The van der Waals surface area contributed by atoms with Crippen LogP contribution in [-0.2, 0) is 15.0 Å². The number of benzene rings is 2. The second-order valence-corrected chi connectivity index (χ2v) is 11.6. The van der Waals surface area contributed by atoms with E-state index in [1.807, 2.05) is 6.07 Å². The fourth-order valence-corrected chi connectivity index (χ4v) is 6.82. The first-order valence-electron chi connectivity index (χ1n) is 10.2. The van der Waals surface area contributed by atoms with E-state index in [4.69, 9.17) is 0 Å². The van der Waals surface area contributed by atoms with E-state index in [2.05, 4.69) is 78.3 Å². The molecular weight excluding hydrogens is 581 g/mol. The fourth-order valence-electron chi connectivity index (χ4n) is 4.29. The van der Waals surface area contributed by atoms with E-state index in [0.717, 1.165) is 4.44 Å². The molecule has 0 bridgehead atoms. The Labute approximate surface area is 206 Å². The quantitative estimate of drug-likeness (QED) is 0.256. The van der Waals surface area contributed by atoms with Crippen LogP contribution in [0.1, 0.15) is 29.4 Å². The second kappa shape index (κ2) is 7.86. The Kier molecular flexibility index (Phi) is 5.26. The monoisotopic (exact) mass is 604 g/mol. The first kappa shape index (κ1) is 21.4. The van der Waals surface area contributed by atoms with Gasteiger partial charge in [0.15, 0.2) is 0 Å². The van der Waals surface area contributed by atoms with Gasteiger partial charge >= 0.3 is 207 Å². The van der Waals surface area contributed by atoms with Gasteiger partial charge in [0.25, 0.3) is 0 Å². The summed E-state index contributed by atoms with van der Waals surface area (Å²) in [6, 6.07) is 21.2. The van der Waals surface area contributed by atoms with Gasteiger partial charge in [-0.25, -0.2) is 0 Å². The minimum atomic E-state index is -0.464. The van der Waals surface area contributed by atoms with Crippen LogP contribution in [0.4, 0.5) is 15.9 Å². The van der Waals surface area contributed by atoms with Gasteiger partial charge < -0.3 is 0 Å². The van der Waals surface area contributed by atoms with Crippen molar-refractivity contribution in [2.75, 3.05) is 11.9 Å². The van der Waals surface area contributed by atoms with Crippen LogP contribution in [0.25, 0.3) is 6.08 Å². The average Bonchev–Trinajstić information content (AvgIpc) is 3.24. The SMILES string of the molecule is CN1C(=O)/C(=C/c2ccc(N3c4ccccc4C(C)(C)c4ccccc43)[se]2)C(=O)N=C1[Te]. The number of aliphatic imine (C=N–C) groups is 1. The standard InChI is InChI=1S/C25H20N3O2SeTe/c1-25(2)17-8-4-6-10-19(17)28(20-11-7-5-9-18(20)25)21-13-12-15(31-21)14-16-22(29)26-24(32)27(3)23(16)30/h4-14H,1-3H3/b16-14+. The van der Waals surface area contributed by atoms with Crippen LogP contribution in [0, 0.1) is 0 Å². The third kappa shape index (κ3) is 3.32. The van der Waals surface area contributed by atoms with Gasteiger partial charge in [0.2, 0.25) is 0 Å². The summed E-state index contributed by atoms with van der Waals surface area (Å²) in [6.07, 6.45) is 1.72. The van der Waals surface area contributed by atoms with Gasteiger partial charge in [-0.1, -0.05) is 0 Å². The van der Waals surface area contributed by atoms with Crippen molar-refractivity contribution in [3.63, 3.8) is 0 Å². The number of fused-ring (bicyclic) bond motifs is 2. The van der Waals surface area contributed by atoms with E-state index in [0.29, 0.717) is 3.88 Å². The van der Waals surface area contributed by atoms with Crippen molar-refractivity contribution in [1.82, 2.24) is 4.90 Å². The number of carbonyl (C=O) groups is 2. The molecule has 3 aromatic rings. The number of likely N-dealkylation sites (N-methyl/N-ethyl adjacent to an activating group) is 1. The number of nitrogens with zero attached hydrogens (tertiary/aromatic N) is 3. The van der Waals surface area contributed by atoms with Gasteiger partial charge in [0.1, 0.15) is 0 Å². The first-order valence-corrected chi connectivity index (χ1v) is 13.1. The molecule has 7 heteroatoms.